The molecule has 0 saturated heterocycles. The number of rotatable bonds is 3. The highest BCUT2D eigenvalue weighted by molar-refractivity contribution is 6.08. The minimum atomic E-state index is -0.248. The van der Waals surface area contributed by atoms with Gasteiger partial charge >= 0.3 is 0 Å². The first-order valence-corrected chi connectivity index (χ1v) is 7.74. The van der Waals surface area contributed by atoms with Gasteiger partial charge in [0.25, 0.3) is 5.91 Å². The number of aryl methyl sites for hydroxylation is 2. The maximum Gasteiger partial charge on any atom is 0.261 e. The number of nitrogens with one attached hydrogen (secondary N) is 1. The van der Waals surface area contributed by atoms with Gasteiger partial charge in [-0.05, 0) is 32.0 Å². The molecule has 0 aliphatic carbocycles. The highest BCUT2D eigenvalue weighted by atomic mass is 16.3. The predicted octanol–water partition coefficient (Wildman–Crippen LogP) is 3.25. The summed E-state index contributed by atoms with van der Waals surface area (Å²) in [7, 11) is 0. The van der Waals surface area contributed by atoms with Crippen LogP contribution in [0.2, 0.25) is 0 Å². The molecule has 1 aromatic carbocycles. The summed E-state index contributed by atoms with van der Waals surface area (Å²) in [5, 5.41) is 7.12. The molecule has 0 saturated carbocycles. The molecule has 0 radical (unpaired) electrons. The fourth-order valence-corrected chi connectivity index (χ4v) is 2.71. The lowest BCUT2D eigenvalue weighted by molar-refractivity contribution is 0.102. The third-order valence-corrected chi connectivity index (χ3v) is 3.89. The van der Waals surface area contributed by atoms with Crippen LogP contribution in [0.4, 0.5) is 5.69 Å². The molecule has 7 nitrogen and oxygen atoms in total. The zero-order valence-electron chi connectivity index (χ0n) is 13.7. The molecule has 1 N–H and O–H groups in total. The van der Waals surface area contributed by atoms with Crippen LogP contribution in [0.5, 0.6) is 0 Å². The van der Waals surface area contributed by atoms with Gasteiger partial charge in [-0.1, -0.05) is 12.1 Å². The molecule has 124 valence electrons. The molecule has 0 aliphatic rings. The van der Waals surface area contributed by atoms with Gasteiger partial charge in [0.1, 0.15) is 17.5 Å². The van der Waals surface area contributed by atoms with Gasteiger partial charge < -0.3 is 9.73 Å². The number of oxazole rings is 1. The molecule has 0 bridgehead atoms. The number of amides is 1. The molecule has 0 fully saturated rings. The van der Waals surface area contributed by atoms with E-state index in [1.807, 2.05) is 44.2 Å². The number of aromatic nitrogens is 4. The molecule has 7 heteroatoms. The third kappa shape index (κ3) is 2.76. The largest absolute Gasteiger partial charge is 0.451 e. The Hall–Kier alpha value is -3.48. The lowest BCUT2D eigenvalue weighted by Crippen LogP contribution is -2.12. The Labute approximate surface area is 143 Å². The second-order valence-corrected chi connectivity index (χ2v) is 5.74. The van der Waals surface area contributed by atoms with Gasteiger partial charge in [-0.3, -0.25) is 4.79 Å². The summed E-state index contributed by atoms with van der Waals surface area (Å²) >= 11 is 0. The van der Waals surface area contributed by atoms with E-state index in [4.69, 9.17) is 4.42 Å². The molecule has 4 aromatic rings. The van der Waals surface area contributed by atoms with E-state index >= 15 is 0 Å². The first kappa shape index (κ1) is 15.1. The normalized spacial score (nSPS) is 11.0. The lowest BCUT2D eigenvalue weighted by atomic mass is 10.1. The van der Waals surface area contributed by atoms with Crippen LogP contribution in [0.25, 0.3) is 16.9 Å². The Kier molecular flexibility index (Phi) is 3.53. The Morgan fingerprint density at radius 3 is 2.72 bits per heavy atom. The summed E-state index contributed by atoms with van der Waals surface area (Å²) in [6, 6.07) is 9.30. The lowest BCUT2D eigenvalue weighted by Gasteiger charge is -2.05. The minimum absolute atomic E-state index is 0.248. The van der Waals surface area contributed by atoms with Gasteiger partial charge in [0.15, 0.2) is 12.0 Å². The summed E-state index contributed by atoms with van der Waals surface area (Å²) in [5.41, 5.74) is 5.10. The van der Waals surface area contributed by atoms with E-state index < -0.39 is 0 Å². The van der Waals surface area contributed by atoms with Crippen molar-refractivity contribution in [3.63, 3.8) is 0 Å². The minimum Gasteiger partial charge on any atom is -0.451 e. The van der Waals surface area contributed by atoms with Crippen molar-refractivity contribution >= 4 is 17.2 Å². The first-order chi connectivity index (χ1) is 12.1. The van der Waals surface area contributed by atoms with Gasteiger partial charge in [-0.15, -0.1) is 0 Å². The van der Waals surface area contributed by atoms with Crippen LogP contribution in [-0.2, 0) is 0 Å². The second-order valence-electron chi connectivity index (χ2n) is 5.74. The summed E-state index contributed by atoms with van der Waals surface area (Å²) in [5.74, 6) is -0.248. The maximum absolute atomic E-state index is 12.6. The van der Waals surface area contributed by atoms with Crippen molar-refractivity contribution < 1.29 is 9.21 Å². The van der Waals surface area contributed by atoms with E-state index in [0.29, 0.717) is 16.9 Å². The van der Waals surface area contributed by atoms with E-state index in [-0.39, 0.29) is 5.91 Å². The number of anilines is 1. The third-order valence-electron chi connectivity index (χ3n) is 3.89. The van der Waals surface area contributed by atoms with Crippen LogP contribution < -0.4 is 5.32 Å². The van der Waals surface area contributed by atoms with Crippen molar-refractivity contribution in [3.05, 3.63) is 66.1 Å². The summed E-state index contributed by atoms with van der Waals surface area (Å²) in [4.78, 5) is 21.1. The van der Waals surface area contributed by atoms with Crippen LogP contribution in [0.1, 0.15) is 21.7 Å². The van der Waals surface area contributed by atoms with Gasteiger partial charge in [-0.2, -0.15) is 5.10 Å². The zero-order valence-corrected chi connectivity index (χ0v) is 13.7. The van der Waals surface area contributed by atoms with Crippen molar-refractivity contribution in [2.24, 2.45) is 0 Å². The monoisotopic (exact) mass is 333 g/mol. The van der Waals surface area contributed by atoms with Crippen molar-refractivity contribution in [2.45, 2.75) is 13.8 Å². The fourth-order valence-electron chi connectivity index (χ4n) is 2.71. The predicted molar refractivity (Wildman–Crippen MR) is 92.4 cm³/mol. The average molecular weight is 333 g/mol. The van der Waals surface area contributed by atoms with Crippen molar-refractivity contribution in [3.8, 4) is 11.3 Å². The van der Waals surface area contributed by atoms with Crippen molar-refractivity contribution in [2.75, 3.05) is 5.32 Å². The van der Waals surface area contributed by atoms with Crippen LogP contribution >= 0.6 is 0 Å². The van der Waals surface area contributed by atoms with Crippen molar-refractivity contribution in [1.29, 1.82) is 0 Å². The summed E-state index contributed by atoms with van der Waals surface area (Å²) in [6.45, 7) is 3.82. The number of hydrogen-bond acceptors (Lipinski definition) is 5. The quantitative estimate of drug-likeness (QED) is 0.622. The smallest absolute Gasteiger partial charge is 0.261 e. The van der Waals surface area contributed by atoms with Gasteiger partial charge in [-0.25, -0.2) is 14.5 Å². The molecule has 3 heterocycles. The van der Waals surface area contributed by atoms with E-state index in [1.54, 1.807) is 10.8 Å². The van der Waals surface area contributed by atoms with E-state index in [9.17, 15) is 4.79 Å². The molecule has 4 rings (SSSR count). The first-order valence-electron chi connectivity index (χ1n) is 7.74. The molecule has 0 spiro atoms. The van der Waals surface area contributed by atoms with E-state index in [1.165, 1.54) is 12.6 Å². The second kappa shape index (κ2) is 5.86. The van der Waals surface area contributed by atoms with Gasteiger partial charge in [0, 0.05) is 22.6 Å². The number of nitrogens with zero attached hydrogens (tertiary/aromatic N) is 4. The van der Waals surface area contributed by atoms with Crippen LogP contribution in [0.15, 0.2) is 53.6 Å². The van der Waals surface area contributed by atoms with E-state index in [0.717, 1.165) is 22.6 Å². The number of carbonyl (C=O) groups is 1. The van der Waals surface area contributed by atoms with Gasteiger partial charge in [0.05, 0.1) is 6.20 Å². The van der Waals surface area contributed by atoms with E-state index in [2.05, 4.69) is 20.4 Å². The maximum atomic E-state index is 12.6. The molecule has 1 amide bonds. The number of carbonyl (C=O) groups excluding carboxylic acids is 1. The molecular formula is C18H15N5O2. The average Bonchev–Trinajstić information content (AvgIpc) is 3.25. The number of benzene rings is 1. The van der Waals surface area contributed by atoms with Crippen LogP contribution in [0.3, 0.4) is 0 Å². The van der Waals surface area contributed by atoms with Crippen LogP contribution in [0, 0.1) is 13.8 Å². The molecular weight excluding hydrogens is 318 g/mol. The molecule has 25 heavy (non-hydrogen) atoms. The number of hydrogen-bond donors (Lipinski definition) is 1. The Morgan fingerprint density at radius 2 is 2.00 bits per heavy atom. The fraction of sp³-hybridized carbons (Fsp3) is 0.111. The zero-order chi connectivity index (χ0) is 17.4. The molecule has 0 aliphatic heterocycles. The summed E-state index contributed by atoms with van der Waals surface area (Å²) in [6.07, 6.45) is 4.49. The highest BCUT2D eigenvalue weighted by Crippen LogP contribution is 2.20. The Balaban J connectivity index is 1.60. The molecule has 0 atom stereocenters. The standard InChI is InChI=1S/C18H15N5O2/c1-11-7-12(2)23-17(21-11)15(8-20-23)18(24)22-14-5-3-13(4-6-14)16-9-25-10-19-16/h3-10H,1-2H3,(H,22,24). The summed E-state index contributed by atoms with van der Waals surface area (Å²) < 4.78 is 6.64. The van der Waals surface area contributed by atoms with Gasteiger partial charge in [0.2, 0.25) is 0 Å². The Bertz CT molecular complexity index is 1050. The highest BCUT2D eigenvalue weighted by Gasteiger charge is 2.15. The molecule has 3 aromatic heterocycles. The topological polar surface area (TPSA) is 85.3 Å². The van der Waals surface area contributed by atoms with Crippen molar-refractivity contribution in [1.82, 2.24) is 19.6 Å². The molecule has 0 unspecified atom stereocenters. The number of fused-ring (bicyclic) bond motifs is 1. The Morgan fingerprint density at radius 1 is 1.20 bits per heavy atom. The SMILES string of the molecule is Cc1cc(C)n2ncc(C(=O)Nc3ccc(-c4cocn4)cc3)c2n1. The van der Waals surface area contributed by atoms with Crippen LogP contribution in [-0.4, -0.2) is 25.5 Å².